The molecule has 0 atom stereocenters. The number of halogens is 2. The quantitative estimate of drug-likeness (QED) is 0.483. The zero-order valence-electron chi connectivity index (χ0n) is 18.4. The van der Waals surface area contributed by atoms with Crippen LogP contribution in [0.4, 0.5) is 0 Å². The SMILES string of the molecule is Cc1cc(/C=C2\C(=N)N3N=C(C4CCCCC4)SC3=NC2=O)c(C)n1-c1cccc(Cl)c1Cl. The minimum Gasteiger partial charge on any atom is -0.316 e. The summed E-state index contributed by atoms with van der Waals surface area (Å²) in [4.78, 5) is 17.1. The van der Waals surface area contributed by atoms with Crippen molar-refractivity contribution in [2.75, 3.05) is 0 Å². The molecule has 1 saturated carbocycles. The molecule has 33 heavy (non-hydrogen) atoms. The Labute approximate surface area is 206 Å². The summed E-state index contributed by atoms with van der Waals surface area (Å²) in [5, 5.41) is 17.3. The second-order valence-corrected chi connectivity index (χ2v) is 10.3. The molecular weight excluding hydrogens is 477 g/mol. The predicted molar refractivity (Wildman–Crippen MR) is 137 cm³/mol. The number of aryl methyl sites for hydroxylation is 1. The van der Waals surface area contributed by atoms with Crippen molar-refractivity contribution in [3.63, 3.8) is 0 Å². The first-order valence-electron chi connectivity index (χ1n) is 11.0. The third-order valence-corrected chi connectivity index (χ3v) is 8.25. The van der Waals surface area contributed by atoms with E-state index < -0.39 is 5.91 Å². The van der Waals surface area contributed by atoms with Crippen LogP contribution in [0.3, 0.4) is 0 Å². The zero-order valence-corrected chi connectivity index (χ0v) is 20.7. The van der Waals surface area contributed by atoms with Gasteiger partial charge in [0.25, 0.3) is 5.91 Å². The summed E-state index contributed by atoms with van der Waals surface area (Å²) in [5.74, 6) is 0.0482. The predicted octanol–water partition coefficient (Wildman–Crippen LogP) is 6.60. The normalized spacial score (nSPS) is 20.4. The Morgan fingerprint density at radius 2 is 1.94 bits per heavy atom. The number of hydrazone groups is 1. The van der Waals surface area contributed by atoms with E-state index in [2.05, 4.69) is 10.1 Å². The topological polar surface area (TPSA) is 73.8 Å². The van der Waals surface area contributed by atoms with Crippen molar-refractivity contribution in [1.29, 1.82) is 5.41 Å². The van der Waals surface area contributed by atoms with E-state index in [-0.39, 0.29) is 11.4 Å². The Morgan fingerprint density at radius 1 is 1.18 bits per heavy atom. The number of benzene rings is 1. The Bertz CT molecular complexity index is 1270. The van der Waals surface area contributed by atoms with E-state index in [9.17, 15) is 4.79 Å². The molecule has 6 nitrogen and oxygen atoms in total. The average Bonchev–Trinajstić information content (AvgIpc) is 3.34. The first kappa shape index (κ1) is 22.4. The zero-order chi connectivity index (χ0) is 23.3. The number of hydrogen-bond donors (Lipinski definition) is 1. The molecule has 0 bridgehead atoms. The van der Waals surface area contributed by atoms with Gasteiger partial charge in [-0.15, -0.1) is 0 Å². The maximum absolute atomic E-state index is 12.9. The highest BCUT2D eigenvalue weighted by Gasteiger charge is 2.38. The molecule has 0 unspecified atom stereocenters. The third-order valence-electron chi connectivity index (χ3n) is 6.37. The first-order valence-corrected chi connectivity index (χ1v) is 12.6. The number of nitrogens with zero attached hydrogens (tertiary/aromatic N) is 4. The number of carbonyl (C=O) groups excluding carboxylic acids is 1. The molecular formula is C24H23Cl2N5OS. The van der Waals surface area contributed by atoms with Crippen molar-refractivity contribution in [2.24, 2.45) is 16.0 Å². The van der Waals surface area contributed by atoms with Gasteiger partial charge in [0.1, 0.15) is 5.04 Å². The van der Waals surface area contributed by atoms with Crippen LogP contribution in [0, 0.1) is 25.2 Å². The smallest absolute Gasteiger partial charge is 0.283 e. The molecule has 1 aromatic carbocycles. The number of rotatable bonds is 3. The van der Waals surface area contributed by atoms with Crippen molar-refractivity contribution in [2.45, 2.75) is 46.0 Å². The number of aromatic nitrogens is 1. The summed E-state index contributed by atoms with van der Waals surface area (Å²) in [7, 11) is 0. The standard InChI is InChI=1S/C24H23Cl2N5OS/c1-13-11-16(14(2)30(13)19-10-6-9-18(25)20(19)26)12-17-21(27)31-24(28-22(17)32)33-23(29-31)15-7-4-3-5-8-15/h6,9-12,15,27H,3-5,7-8H2,1-2H3/b17-12+,27-21?. The van der Waals surface area contributed by atoms with Crippen LogP contribution in [0.25, 0.3) is 11.8 Å². The lowest BCUT2D eigenvalue weighted by molar-refractivity contribution is -0.114. The fraction of sp³-hybridized carbons (Fsp3) is 0.333. The van der Waals surface area contributed by atoms with Crippen molar-refractivity contribution < 1.29 is 4.79 Å². The van der Waals surface area contributed by atoms with Crippen LogP contribution in [0.5, 0.6) is 0 Å². The van der Waals surface area contributed by atoms with Crippen LogP contribution < -0.4 is 0 Å². The highest BCUT2D eigenvalue weighted by atomic mass is 35.5. The van der Waals surface area contributed by atoms with Crippen molar-refractivity contribution in [1.82, 2.24) is 9.58 Å². The van der Waals surface area contributed by atoms with Gasteiger partial charge in [-0.1, -0.05) is 48.5 Å². The Kier molecular flexibility index (Phi) is 5.97. The molecule has 2 aliphatic heterocycles. The van der Waals surface area contributed by atoms with Crippen LogP contribution in [0.1, 0.15) is 49.1 Å². The molecule has 3 aliphatic rings. The molecule has 170 valence electrons. The van der Waals surface area contributed by atoms with Gasteiger partial charge in [-0.2, -0.15) is 15.1 Å². The Morgan fingerprint density at radius 3 is 2.70 bits per heavy atom. The second kappa shape index (κ2) is 8.78. The fourth-order valence-corrected chi connectivity index (χ4v) is 6.09. The van der Waals surface area contributed by atoms with Gasteiger partial charge in [-0.05, 0) is 68.3 Å². The van der Waals surface area contributed by atoms with Gasteiger partial charge in [0.05, 0.1) is 21.3 Å². The van der Waals surface area contributed by atoms with Gasteiger partial charge in [-0.3, -0.25) is 10.2 Å². The molecule has 5 rings (SSSR count). The molecule has 0 radical (unpaired) electrons. The lowest BCUT2D eigenvalue weighted by Crippen LogP contribution is -2.35. The number of fused-ring (bicyclic) bond motifs is 1. The number of carbonyl (C=O) groups is 1. The average molecular weight is 500 g/mol. The van der Waals surface area contributed by atoms with Crippen LogP contribution >= 0.6 is 35.0 Å². The monoisotopic (exact) mass is 499 g/mol. The third kappa shape index (κ3) is 3.96. The van der Waals surface area contributed by atoms with Crippen molar-refractivity contribution >= 4 is 63.0 Å². The number of thioether (sulfide) groups is 1. The van der Waals surface area contributed by atoms with Crippen LogP contribution in [0.2, 0.25) is 10.0 Å². The van der Waals surface area contributed by atoms with Gasteiger partial charge in [0.15, 0.2) is 5.84 Å². The maximum atomic E-state index is 12.9. The van der Waals surface area contributed by atoms with E-state index in [0.717, 1.165) is 40.5 Å². The summed E-state index contributed by atoms with van der Waals surface area (Å²) in [5.41, 5.74) is 3.65. The van der Waals surface area contributed by atoms with Crippen LogP contribution in [0.15, 0.2) is 39.9 Å². The number of amides is 1. The van der Waals surface area contributed by atoms with E-state index in [4.69, 9.17) is 28.6 Å². The number of amidine groups is 2. The molecule has 2 aromatic rings. The van der Waals surface area contributed by atoms with Gasteiger partial charge in [0.2, 0.25) is 5.17 Å². The largest absolute Gasteiger partial charge is 0.316 e. The van der Waals surface area contributed by atoms with E-state index in [1.807, 2.05) is 36.6 Å². The lowest BCUT2D eigenvalue weighted by Gasteiger charge is -2.20. The number of nitrogens with one attached hydrogen (secondary N) is 1. The van der Waals surface area contributed by atoms with E-state index in [1.165, 1.54) is 36.0 Å². The fourth-order valence-electron chi connectivity index (χ4n) is 4.65. The van der Waals surface area contributed by atoms with E-state index in [1.54, 1.807) is 12.1 Å². The molecule has 0 spiro atoms. The number of aliphatic imine (C=N–C) groups is 1. The molecule has 1 amide bonds. The number of hydrogen-bond acceptors (Lipinski definition) is 4. The van der Waals surface area contributed by atoms with Crippen molar-refractivity contribution in [3.05, 3.63) is 56.8 Å². The highest BCUT2D eigenvalue weighted by Crippen LogP contribution is 2.37. The minimum absolute atomic E-state index is 0.0638. The minimum atomic E-state index is -0.413. The van der Waals surface area contributed by atoms with Crippen LogP contribution in [-0.2, 0) is 4.79 Å². The summed E-state index contributed by atoms with van der Waals surface area (Å²) < 4.78 is 2.00. The molecule has 0 saturated heterocycles. The van der Waals surface area contributed by atoms with Gasteiger partial charge in [0, 0.05) is 17.3 Å². The Hall–Kier alpha value is -2.35. The summed E-state index contributed by atoms with van der Waals surface area (Å²) >= 11 is 14.1. The van der Waals surface area contributed by atoms with Gasteiger partial charge < -0.3 is 4.57 Å². The highest BCUT2D eigenvalue weighted by molar-refractivity contribution is 8.27. The summed E-state index contributed by atoms with van der Waals surface area (Å²) in [6.45, 7) is 3.92. The van der Waals surface area contributed by atoms with E-state index >= 15 is 0 Å². The first-order chi connectivity index (χ1) is 15.8. The molecule has 1 aliphatic carbocycles. The molecule has 3 heterocycles. The van der Waals surface area contributed by atoms with Gasteiger partial charge in [-0.25, -0.2) is 0 Å². The van der Waals surface area contributed by atoms with Crippen LogP contribution in [-0.4, -0.2) is 31.5 Å². The molecule has 9 heteroatoms. The molecule has 1 N–H and O–H groups in total. The maximum Gasteiger partial charge on any atom is 0.283 e. The summed E-state index contributed by atoms with van der Waals surface area (Å²) in [6, 6.07) is 7.47. The lowest BCUT2D eigenvalue weighted by atomic mass is 9.90. The molecule has 1 fully saturated rings. The summed E-state index contributed by atoms with van der Waals surface area (Å²) in [6.07, 6.45) is 7.60. The Balaban J connectivity index is 1.49. The van der Waals surface area contributed by atoms with Gasteiger partial charge >= 0.3 is 0 Å². The van der Waals surface area contributed by atoms with E-state index in [0.29, 0.717) is 21.1 Å². The second-order valence-electron chi connectivity index (χ2n) is 8.53. The molecule has 1 aromatic heterocycles. The van der Waals surface area contributed by atoms with Crippen molar-refractivity contribution in [3.8, 4) is 5.69 Å².